The van der Waals surface area contributed by atoms with E-state index >= 15 is 0 Å². The number of hydrogen-bond acceptors (Lipinski definition) is 4. The van der Waals surface area contributed by atoms with Crippen molar-refractivity contribution in [3.63, 3.8) is 0 Å². The SMILES string of the molecule is CC(C)=O.Cc1nn[nH]n1. The van der Waals surface area contributed by atoms with E-state index in [1.165, 1.54) is 13.8 Å². The molecule has 0 aliphatic heterocycles. The molecule has 0 bridgehead atoms. The fourth-order valence-electron chi connectivity index (χ4n) is 0.212. The number of hydrogen-bond donors (Lipinski definition) is 1. The lowest BCUT2D eigenvalue weighted by Crippen LogP contribution is -1.69. The number of nitrogens with zero attached hydrogens (tertiary/aromatic N) is 3. The van der Waals surface area contributed by atoms with E-state index in [1.807, 2.05) is 0 Å². The van der Waals surface area contributed by atoms with Gasteiger partial charge in [0.05, 0.1) is 0 Å². The van der Waals surface area contributed by atoms with Crippen LogP contribution < -0.4 is 0 Å². The van der Waals surface area contributed by atoms with E-state index in [0.717, 1.165) is 0 Å². The van der Waals surface area contributed by atoms with Crippen LogP contribution in [0.3, 0.4) is 0 Å². The van der Waals surface area contributed by atoms with E-state index in [9.17, 15) is 4.79 Å². The van der Waals surface area contributed by atoms with Gasteiger partial charge < -0.3 is 4.79 Å². The number of carbonyl (C=O) groups excluding carboxylic acids is 1. The lowest BCUT2D eigenvalue weighted by molar-refractivity contribution is -0.114. The molecule has 1 rings (SSSR count). The minimum absolute atomic E-state index is 0.167. The summed E-state index contributed by atoms with van der Waals surface area (Å²) in [7, 11) is 0. The molecule has 0 amide bonds. The molecule has 0 unspecified atom stereocenters. The van der Waals surface area contributed by atoms with Crippen LogP contribution in [0.1, 0.15) is 19.7 Å². The van der Waals surface area contributed by atoms with Gasteiger partial charge in [-0.25, -0.2) is 0 Å². The number of tetrazole rings is 1. The third kappa shape index (κ3) is 6.74. The first kappa shape index (κ1) is 8.74. The highest BCUT2D eigenvalue weighted by Crippen LogP contribution is 1.69. The summed E-state index contributed by atoms with van der Waals surface area (Å²) in [4.78, 5) is 9.44. The van der Waals surface area contributed by atoms with E-state index < -0.39 is 0 Å². The topological polar surface area (TPSA) is 71.5 Å². The maximum absolute atomic E-state index is 9.44. The number of aromatic nitrogens is 4. The van der Waals surface area contributed by atoms with Gasteiger partial charge in [-0.2, -0.15) is 5.21 Å². The molecule has 0 spiro atoms. The molecule has 1 N–H and O–H groups in total. The summed E-state index contributed by atoms with van der Waals surface area (Å²) < 4.78 is 0. The number of ketones is 1. The van der Waals surface area contributed by atoms with Crippen LogP contribution in [0.4, 0.5) is 0 Å². The second kappa shape index (κ2) is 4.60. The van der Waals surface area contributed by atoms with Crippen LogP contribution >= 0.6 is 0 Å². The molecule has 1 heterocycles. The van der Waals surface area contributed by atoms with E-state index in [2.05, 4.69) is 20.6 Å². The van der Waals surface area contributed by atoms with Gasteiger partial charge in [-0.1, -0.05) is 5.21 Å². The molecule has 0 radical (unpaired) electrons. The molecule has 0 aliphatic carbocycles. The number of carbonyl (C=O) groups is 1. The van der Waals surface area contributed by atoms with Crippen LogP contribution in [0.5, 0.6) is 0 Å². The predicted molar refractivity (Wildman–Crippen MR) is 35.3 cm³/mol. The Morgan fingerprint density at radius 2 is 2.00 bits per heavy atom. The molecular weight excluding hydrogens is 132 g/mol. The van der Waals surface area contributed by atoms with E-state index in [4.69, 9.17) is 0 Å². The van der Waals surface area contributed by atoms with Gasteiger partial charge in [0.25, 0.3) is 0 Å². The van der Waals surface area contributed by atoms with Crippen molar-refractivity contribution in [2.24, 2.45) is 0 Å². The summed E-state index contributed by atoms with van der Waals surface area (Å²) in [6, 6.07) is 0. The van der Waals surface area contributed by atoms with E-state index in [-0.39, 0.29) is 5.78 Å². The Labute approximate surface area is 58.8 Å². The second-order valence-corrected chi connectivity index (χ2v) is 1.87. The summed E-state index contributed by atoms with van der Waals surface area (Å²) in [6.45, 7) is 4.82. The van der Waals surface area contributed by atoms with Gasteiger partial charge in [-0.15, -0.1) is 10.2 Å². The van der Waals surface area contributed by atoms with E-state index in [0.29, 0.717) is 5.82 Å². The molecule has 0 saturated carbocycles. The number of aromatic amines is 1. The lowest BCUT2D eigenvalue weighted by Gasteiger charge is -1.59. The maximum Gasteiger partial charge on any atom is 0.171 e. The molecule has 0 aromatic carbocycles. The quantitative estimate of drug-likeness (QED) is 0.557. The minimum Gasteiger partial charge on any atom is -0.300 e. The Morgan fingerprint density at radius 1 is 1.50 bits per heavy atom. The summed E-state index contributed by atoms with van der Waals surface area (Å²) in [5.74, 6) is 0.843. The van der Waals surface area contributed by atoms with Crippen LogP contribution in [0.15, 0.2) is 0 Å². The number of Topliss-reactive ketones (excluding diaryl/α,β-unsaturated/α-hetero) is 1. The van der Waals surface area contributed by atoms with Gasteiger partial charge in [0.15, 0.2) is 5.82 Å². The highest BCUT2D eigenvalue weighted by Gasteiger charge is 1.78. The zero-order chi connectivity index (χ0) is 7.98. The van der Waals surface area contributed by atoms with Crippen molar-refractivity contribution in [1.82, 2.24) is 20.6 Å². The summed E-state index contributed by atoms with van der Waals surface area (Å²) in [5.41, 5.74) is 0. The molecule has 0 fully saturated rings. The second-order valence-electron chi connectivity index (χ2n) is 1.87. The van der Waals surface area contributed by atoms with Crippen molar-refractivity contribution in [2.45, 2.75) is 20.8 Å². The smallest absolute Gasteiger partial charge is 0.171 e. The molecule has 1 aromatic heterocycles. The molecule has 10 heavy (non-hydrogen) atoms. The van der Waals surface area contributed by atoms with Crippen LogP contribution in [0, 0.1) is 6.92 Å². The summed E-state index contributed by atoms with van der Waals surface area (Å²) >= 11 is 0. The van der Waals surface area contributed by atoms with Crippen molar-refractivity contribution < 1.29 is 4.79 Å². The summed E-state index contributed by atoms with van der Waals surface area (Å²) in [6.07, 6.45) is 0. The largest absolute Gasteiger partial charge is 0.300 e. The van der Waals surface area contributed by atoms with Crippen molar-refractivity contribution in [3.8, 4) is 0 Å². The Bertz CT molecular complexity index is 178. The van der Waals surface area contributed by atoms with Crippen LogP contribution in [-0.2, 0) is 4.79 Å². The van der Waals surface area contributed by atoms with Gasteiger partial charge in [0.1, 0.15) is 5.78 Å². The normalized spacial score (nSPS) is 7.90. The number of H-pyrrole nitrogens is 1. The minimum atomic E-state index is 0.167. The van der Waals surface area contributed by atoms with Crippen LogP contribution in [0.25, 0.3) is 0 Å². The van der Waals surface area contributed by atoms with Gasteiger partial charge >= 0.3 is 0 Å². The first-order valence-electron chi connectivity index (χ1n) is 2.80. The zero-order valence-corrected chi connectivity index (χ0v) is 6.25. The Balaban J connectivity index is 0.000000180. The van der Waals surface area contributed by atoms with Crippen molar-refractivity contribution >= 4 is 5.78 Å². The van der Waals surface area contributed by atoms with Gasteiger partial charge in [-0.05, 0) is 20.8 Å². The molecule has 0 saturated heterocycles. The molecule has 0 aliphatic rings. The van der Waals surface area contributed by atoms with Gasteiger partial charge in [0.2, 0.25) is 0 Å². The highest BCUT2D eigenvalue weighted by molar-refractivity contribution is 5.72. The third-order valence-corrected chi connectivity index (χ3v) is 0.451. The lowest BCUT2D eigenvalue weighted by atomic mass is 10.6. The van der Waals surface area contributed by atoms with Gasteiger partial charge in [-0.3, -0.25) is 0 Å². The molecule has 5 nitrogen and oxygen atoms in total. The Morgan fingerprint density at radius 3 is 2.10 bits per heavy atom. The molecular formula is C5H10N4O. The highest BCUT2D eigenvalue weighted by atomic mass is 16.1. The fraction of sp³-hybridized carbons (Fsp3) is 0.600. The Hall–Kier alpha value is -1.26. The molecule has 1 aromatic rings. The van der Waals surface area contributed by atoms with Crippen LogP contribution in [-0.4, -0.2) is 26.4 Å². The average molecular weight is 142 g/mol. The van der Waals surface area contributed by atoms with Crippen molar-refractivity contribution in [2.75, 3.05) is 0 Å². The van der Waals surface area contributed by atoms with Crippen LogP contribution in [0.2, 0.25) is 0 Å². The number of nitrogens with one attached hydrogen (secondary N) is 1. The van der Waals surface area contributed by atoms with Gasteiger partial charge in [0, 0.05) is 0 Å². The summed E-state index contributed by atoms with van der Waals surface area (Å²) in [5, 5.41) is 12.7. The number of aryl methyl sites for hydroxylation is 1. The zero-order valence-electron chi connectivity index (χ0n) is 6.25. The first-order valence-corrected chi connectivity index (χ1v) is 2.80. The molecule has 56 valence electrons. The standard InChI is InChI=1S/C3H6O.C2H4N4/c1-3(2)4;1-2-3-5-6-4-2/h1-2H3;1H3,(H,3,4,5,6). The van der Waals surface area contributed by atoms with E-state index in [1.54, 1.807) is 6.92 Å². The Kier molecular flexibility index (Phi) is 4.02. The number of rotatable bonds is 0. The monoisotopic (exact) mass is 142 g/mol. The molecule has 0 atom stereocenters. The third-order valence-electron chi connectivity index (χ3n) is 0.451. The van der Waals surface area contributed by atoms with Crippen molar-refractivity contribution in [1.29, 1.82) is 0 Å². The first-order chi connectivity index (χ1) is 4.63. The average Bonchev–Trinajstić information content (AvgIpc) is 2.15. The molecule has 5 heteroatoms. The fourth-order valence-corrected chi connectivity index (χ4v) is 0.212. The van der Waals surface area contributed by atoms with Crippen molar-refractivity contribution in [3.05, 3.63) is 5.82 Å². The maximum atomic E-state index is 9.44. The predicted octanol–water partition coefficient (Wildman–Crippen LogP) is 0.103.